The lowest BCUT2D eigenvalue weighted by atomic mass is 10.1. The van der Waals surface area contributed by atoms with Gasteiger partial charge in [0.25, 0.3) is 0 Å². The molecule has 0 saturated carbocycles. The van der Waals surface area contributed by atoms with Crippen LogP contribution in [0.3, 0.4) is 0 Å². The van der Waals surface area contributed by atoms with Crippen molar-refractivity contribution in [1.29, 1.82) is 0 Å². The van der Waals surface area contributed by atoms with Gasteiger partial charge in [0.1, 0.15) is 5.82 Å². The molecule has 0 saturated heterocycles. The number of hydrogen-bond acceptors (Lipinski definition) is 2. The molecule has 2 rings (SSSR count). The molecule has 2 nitrogen and oxygen atoms in total. The number of rotatable bonds is 7. The molecule has 0 N–H and O–H groups in total. The zero-order valence-corrected chi connectivity index (χ0v) is 12.3. The van der Waals surface area contributed by atoms with Gasteiger partial charge in [-0.1, -0.05) is 42.5 Å². The van der Waals surface area contributed by atoms with Crippen LogP contribution >= 0.6 is 0 Å². The number of hydrogen-bond donors (Lipinski definition) is 0. The smallest absolute Gasteiger partial charge is 0.151 e. The Kier molecular flexibility index (Phi) is 5.64. The summed E-state index contributed by atoms with van der Waals surface area (Å²) in [6.07, 6.45) is 1.29. The molecule has 0 radical (unpaired) electrons. The van der Waals surface area contributed by atoms with Crippen molar-refractivity contribution < 1.29 is 9.18 Å². The Morgan fingerprint density at radius 3 is 2.33 bits per heavy atom. The van der Waals surface area contributed by atoms with Crippen LogP contribution in [0, 0.1) is 5.82 Å². The van der Waals surface area contributed by atoms with Crippen molar-refractivity contribution in [1.82, 2.24) is 4.90 Å². The molecule has 2 aromatic rings. The molecule has 0 heterocycles. The highest BCUT2D eigenvalue weighted by Crippen LogP contribution is 2.05. The second-order valence-corrected chi connectivity index (χ2v) is 5.32. The van der Waals surface area contributed by atoms with Gasteiger partial charge in [-0.2, -0.15) is 0 Å². The molecule has 0 aliphatic carbocycles. The van der Waals surface area contributed by atoms with E-state index >= 15 is 0 Å². The summed E-state index contributed by atoms with van der Waals surface area (Å²) < 4.78 is 12.8. The quantitative estimate of drug-likeness (QED) is 0.779. The summed E-state index contributed by atoms with van der Waals surface area (Å²) in [6.45, 7) is 1.27. The van der Waals surface area contributed by atoms with Gasteiger partial charge in [-0.15, -0.1) is 0 Å². The maximum Gasteiger partial charge on any atom is 0.151 e. The molecule has 0 fully saturated rings. The van der Waals surface area contributed by atoms with Gasteiger partial charge in [-0.25, -0.2) is 4.39 Å². The first-order chi connectivity index (χ1) is 10.1. The highest BCUT2D eigenvalue weighted by molar-refractivity contribution is 5.82. The van der Waals surface area contributed by atoms with Crippen LogP contribution in [0.1, 0.15) is 11.1 Å². The monoisotopic (exact) mass is 285 g/mol. The van der Waals surface area contributed by atoms with Gasteiger partial charge in [-0.3, -0.25) is 9.69 Å². The van der Waals surface area contributed by atoms with Crippen molar-refractivity contribution in [3.05, 3.63) is 71.5 Å². The van der Waals surface area contributed by atoms with Crippen molar-refractivity contribution in [2.24, 2.45) is 0 Å². The molecule has 0 amide bonds. The van der Waals surface area contributed by atoms with E-state index in [-0.39, 0.29) is 11.6 Å². The van der Waals surface area contributed by atoms with Crippen LogP contribution in [0.15, 0.2) is 54.6 Å². The first-order valence-electron chi connectivity index (χ1n) is 7.12. The third-order valence-corrected chi connectivity index (χ3v) is 3.39. The van der Waals surface area contributed by atoms with Crippen LogP contribution in [-0.2, 0) is 17.6 Å². The molecule has 110 valence electrons. The predicted molar refractivity (Wildman–Crippen MR) is 82.8 cm³/mol. The summed E-state index contributed by atoms with van der Waals surface area (Å²) in [7, 11) is 1.95. The van der Waals surface area contributed by atoms with E-state index in [1.165, 1.54) is 17.7 Å². The first kappa shape index (κ1) is 15.4. The van der Waals surface area contributed by atoms with E-state index in [4.69, 9.17) is 0 Å². The Morgan fingerprint density at radius 1 is 1.00 bits per heavy atom. The zero-order chi connectivity index (χ0) is 15.1. The number of halogens is 1. The van der Waals surface area contributed by atoms with E-state index in [2.05, 4.69) is 12.1 Å². The summed E-state index contributed by atoms with van der Waals surface area (Å²) in [6, 6.07) is 16.3. The van der Waals surface area contributed by atoms with Gasteiger partial charge in [0, 0.05) is 13.0 Å². The number of nitrogens with zero attached hydrogens (tertiary/aromatic N) is 1. The molecule has 3 heteroatoms. The Labute approximate surface area is 125 Å². The normalized spacial score (nSPS) is 10.8. The van der Waals surface area contributed by atoms with Crippen LogP contribution in [0.2, 0.25) is 0 Å². The zero-order valence-electron chi connectivity index (χ0n) is 12.3. The SMILES string of the molecule is CN(CCc1ccccc1)CC(=O)Cc1ccc(F)cc1. The molecule has 0 bridgehead atoms. The van der Waals surface area contributed by atoms with Crippen LogP contribution in [0.5, 0.6) is 0 Å². The summed E-state index contributed by atoms with van der Waals surface area (Å²) in [5.41, 5.74) is 2.13. The maximum atomic E-state index is 12.8. The van der Waals surface area contributed by atoms with Crippen molar-refractivity contribution in [3.63, 3.8) is 0 Å². The topological polar surface area (TPSA) is 20.3 Å². The number of ketones is 1. The van der Waals surface area contributed by atoms with Gasteiger partial charge in [0.15, 0.2) is 5.78 Å². The highest BCUT2D eigenvalue weighted by atomic mass is 19.1. The lowest BCUT2D eigenvalue weighted by molar-refractivity contribution is -0.119. The highest BCUT2D eigenvalue weighted by Gasteiger charge is 2.08. The van der Waals surface area contributed by atoms with E-state index < -0.39 is 0 Å². The van der Waals surface area contributed by atoms with Gasteiger partial charge in [-0.05, 0) is 36.7 Å². The second kappa shape index (κ2) is 7.70. The van der Waals surface area contributed by atoms with E-state index in [1.807, 2.05) is 30.1 Å². The minimum atomic E-state index is -0.272. The fourth-order valence-electron chi connectivity index (χ4n) is 2.23. The van der Waals surface area contributed by atoms with E-state index in [9.17, 15) is 9.18 Å². The Morgan fingerprint density at radius 2 is 1.67 bits per heavy atom. The average molecular weight is 285 g/mol. The Hall–Kier alpha value is -2.00. The summed E-state index contributed by atoms with van der Waals surface area (Å²) in [4.78, 5) is 14.0. The van der Waals surface area contributed by atoms with Gasteiger partial charge >= 0.3 is 0 Å². The van der Waals surface area contributed by atoms with E-state index in [0.717, 1.165) is 18.5 Å². The lowest BCUT2D eigenvalue weighted by Crippen LogP contribution is -2.28. The van der Waals surface area contributed by atoms with Crippen LogP contribution in [0.25, 0.3) is 0 Å². The van der Waals surface area contributed by atoms with Crippen LogP contribution in [-0.4, -0.2) is 30.8 Å². The minimum absolute atomic E-state index is 0.150. The number of likely N-dealkylation sites (N-methyl/N-ethyl adjacent to an activating group) is 1. The van der Waals surface area contributed by atoms with Crippen molar-refractivity contribution in [2.45, 2.75) is 12.8 Å². The third-order valence-electron chi connectivity index (χ3n) is 3.39. The largest absolute Gasteiger partial charge is 0.299 e. The molecular weight excluding hydrogens is 265 g/mol. The predicted octanol–water partition coefficient (Wildman–Crippen LogP) is 3.11. The van der Waals surface area contributed by atoms with Crippen LogP contribution < -0.4 is 0 Å². The molecular formula is C18H20FNO. The molecule has 2 aromatic carbocycles. The summed E-state index contributed by atoms with van der Waals surface area (Å²) in [5, 5.41) is 0. The molecule has 0 aliphatic rings. The third kappa shape index (κ3) is 5.48. The number of benzene rings is 2. The van der Waals surface area contributed by atoms with Crippen molar-refractivity contribution in [3.8, 4) is 0 Å². The Bertz CT molecular complexity index is 566. The fraction of sp³-hybridized carbons (Fsp3) is 0.278. The molecule has 0 spiro atoms. The van der Waals surface area contributed by atoms with Crippen molar-refractivity contribution in [2.75, 3.05) is 20.1 Å². The fourth-order valence-corrected chi connectivity index (χ4v) is 2.23. The van der Waals surface area contributed by atoms with Gasteiger partial charge in [0.05, 0.1) is 6.54 Å². The van der Waals surface area contributed by atoms with Crippen LogP contribution in [0.4, 0.5) is 4.39 Å². The minimum Gasteiger partial charge on any atom is -0.299 e. The number of carbonyl (C=O) groups excluding carboxylic acids is 1. The van der Waals surface area contributed by atoms with Crippen molar-refractivity contribution >= 4 is 5.78 Å². The molecule has 21 heavy (non-hydrogen) atoms. The molecule has 0 unspecified atom stereocenters. The average Bonchev–Trinajstić information content (AvgIpc) is 2.48. The first-order valence-corrected chi connectivity index (χ1v) is 7.12. The Balaban J connectivity index is 1.75. The molecule has 0 aliphatic heterocycles. The molecule has 0 aromatic heterocycles. The summed E-state index contributed by atoms with van der Waals surface area (Å²) >= 11 is 0. The number of carbonyl (C=O) groups is 1. The van der Waals surface area contributed by atoms with E-state index in [1.54, 1.807) is 12.1 Å². The molecule has 0 atom stereocenters. The number of Topliss-reactive ketones (excluding diaryl/α,β-unsaturated/α-hetero) is 1. The van der Waals surface area contributed by atoms with E-state index in [0.29, 0.717) is 13.0 Å². The maximum absolute atomic E-state index is 12.8. The standard InChI is InChI=1S/C18H20FNO/c1-20(12-11-15-5-3-2-4-6-15)14-18(21)13-16-7-9-17(19)10-8-16/h2-10H,11-14H2,1H3. The van der Waals surface area contributed by atoms with Gasteiger partial charge in [0.2, 0.25) is 0 Å². The van der Waals surface area contributed by atoms with Gasteiger partial charge < -0.3 is 0 Å². The summed E-state index contributed by atoms with van der Waals surface area (Å²) in [5.74, 6) is -0.122. The second-order valence-electron chi connectivity index (χ2n) is 5.32. The lowest BCUT2D eigenvalue weighted by Gasteiger charge is -2.15.